The maximum Gasteiger partial charge on any atom is 0.253 e. The van der Waals surface area contributed by atoms with Crippen molar-refractivity contribution in [3.63, 3.8) is 0 Å². The van der Waals surface area contributed by atoms with Crippen molar-refractivity contribution < 1.29 is 9.90 Å². The number of nitrogens with one attached hydrogen (secondary N) is 1. The van der Waals surface area contributed by atoms with E-state index >= 15 is 0 Å². The van der Waals surface area contributed by atoms with E-state index in [1.807, 2.05) is 37.1 Å². The Kier molecular flexibility index (Phi) is 4.43. The van der Waals surface area contributed by atoms with Gasteiger partial charge in [0.25, 0.3) is 5.91 Å². The van der Waals surface area contributed by atoms with Gasteiger partial charge >= 0.3 is 0 Å². The van der Waals surface area contributed by atoms with Gasteiger partial charge in [0, 0.05) is 38.0 Å². The summed E-state index contributed by atoms with van der Waals surface area (Å²) in [4.78, 5) is 14.3. The number of hydrogen-bond donors (Lipinski definition) is 2. The zero-order chi connectivity index (χ0) is 13.8. The number of rotatable bonds is 3. The molecule has 1 amide bonds. The Bertz CT molecular complexity index is 459. The van der Waals surface area contributed by atoms with Crippen molar-refractivity contribution in [1.29, 1.82) is 0 Å². The molecule has 0 saturated carbocycles. The Hall–Kier alpha value is -1.55. The number of hydrogen-bond acceptors (Lipinski definition) is 3. The first kappa shape index (κ1) is 13.9. The van der Waals surface area contributed by atoms with Crippen LogP contribution in [0.3, 0.4) is 0 Å². The molecule has 104 valence electrons. The number of piperidine rings is 1. The number of aryl methyl sites for hydroxylation is 1. The van der Waals surface area contributed by atoms with Gasteiger partial charge in [-0.2, -0.15) is 0 Å². The zero-order valence-electron chi connectivity index (χ0n) is 11.6. The number of amides is 1. The molecule has 19 heavy (non-hydrogen) atoms. The third-order valence-electron chi connectivity index (χ3n) is 3.81. The minimum atomic E-state index is 0.0731. The van der Waals surface area contributed by atoms with Crippen molar-refractivity contribution in [2.45, 2.75) is 19.8 Å². The highest BCUT2D eigenvalue weighted by Gasteiger charge is 2.24. The predicted molar refractivity (Wildman–Crippen MR) is 76.4 cm³/mol. The van der Waals surface area contributed by atoms with Gasteiger partial charge in [-0.25, -0.2) is 0 Å². The molecule has 1 atom stereocenters. The van der Waals surface area contributed by atoms with E-state index < -0.39 is 0 Å². The molecule has 2 rings (SSSR count). The van der Waals surface area contributed by atoms with Crippen LogP contribution in [0.25, 0.3) is 0 Å². The molecule has 1 heterocycles. The minimum Gasteiger partial charge on any atom is -0.396 e. The van der Waals surface area contributed by atoms with Gasteiger partial charge in [-0.15, -0.1) is 0 Å². The second kappa shape index (κ2) is 6.06. The maximum atomic E-state index is 12.4. The second-order valence-electron chi connectivity index (χ2n) is 5.22. The molecule has 0 aliphatic carbocycles. The smallest absolute Gasteiger partial charge is 0.253 e. The third kappa shape index (κ3) is 3.07. The molecule has 2 N–H and O–H groups in total. The van der Waals surface area contributed by atoms with Crippen molar-refractivity contribution >= 4 is 11.6 Å². The van der Waals surface area contributed by atoms with Gasteiger partial charge in [0.15, 0.2) is 0 Å². The molecule has 1 aromatic rings. The van der Waals surface area contributed by atoms with Gasteiger partial charge in [-0.1, -0.05) is 0 Å². The normalized spacial score (nSPS) is 19.3. The largest absolute Gasteiger partial charge is 0.396 e. The molecular formula is C15H22N2O2. The van der Waals surface area contributed by atoms with Crippen LogP contribution in [0, 0.1) is 12.8 Å². The van der Waals surface area contributed by atoms with Crippen LogP contribution in [0.5, 0.6) is 0 Å². The Morgan fingerprint density at radius 3 is 2.95 bits per heavy atom. The minimum absolute atomic E-state index is 0.0731. The number of nitrogens with zero attached hydrogens (tertiary/aromatic N) is 1. The highest BCUT2D eigenvalue weighted by atomic mass is 16.3. The number of carbonyl (C=O) groups excluding carboxylic acids is 1. The number of aliphatic hydroxyl groups is 1. The van der Waals surface area contributed by atoms with Crippen LogP contribution in [0.1, 0.15) is 28.8 Å². The lowest BCUT2D eigenvalue weighted by Crippen LogP contribution is -2.40. The molecule has 1 unspecified atom stereocenters. The number of anilines is 1. The topological polar surface area (TPSA) is 52.6 Å². The van der Waals surface area contributed by atoms with Gasteiger partial charge in [0.05, 0.1) is 0 Å². The number of benzene rings is 1. The average molecular weight is 262 g/mol. The van der Waals surface area contributed by atoms with E-state index in [-0.39, 0.29) is 18.4 Å². The van der Waals surface area contributed by atoms with E-state index in [0.29, 0.717) is 6.54 Å². The number of aliphatic hydroxyl groups excluding tert-OH is 1. The van der Waals surface area contributed by atoms with Crippen LogP contribution in [-0.4, -0.2) is 42.7 Å². The summed E-state index contributed by atoms with van der Waals surface area (Å²) in [5, 5.41) is 12.3. The summed E-state index contributed by atoms with van der Waals surface area (Å²) in [6.45, 7) is 3.63. The molecule has 0 bridgehead atoms. The van der Waals surface area contributed by atoms with E-state index in [4.69, 9.17) is 0 Å². The standard InChI is InChI=1S/C15H22N2O2/c1-11-8-13(5-6-14(11)16-2)15(19)17-7-3-4-12(9-17)10-18/h5-6,8,12,16,18H,3-4,7,9-10H2,1-2H3. The first-order valence-corrected chi connectivity index (χ1v) is 6.84. The van der Waals surface area contributed by atoms with Gasteiger partial charge in [-0.3, -0.25) is 4.79 Å². The lowest BCUT2D eigenvalue weighted by Gasteiger charge is -2.32. The van der Waals surface area contributed by atoms with Crippen LogP contribution >= 0.6 is 0 Å². The van der Waals surface area contributed by atoms with Crippen LogP contribution in [-0.2, 0) is 0 Å². The van der Waals surface area contributed by atoms with Gasteiger partial charge in [0.1, 0.15) is 0 Å². The second-order valence-corrected chi connectivity index (χ2v) is 5.22. The first-order valence-electron chi connectivity index (χ1n) is 6.84. The summed E-state index contributed by atoms with van der Waals surface area (Å²) in [5.41, 5.74) is 2.85. The van der Waals surface area contributed by atoms with E-state index in [2.05, 4.69) is 5.32 Å². The number of likely N-dealkylation sites (tertiary alicyclic amines) is 1. The third-order valence-corrected chi connectivity index (χ3v) is 3.81. The van der Waals surface area contributed by atoms with E-state index in [0.717, 1.165) is 36.2 Å². The maximum absolute atomic E-state index is 12.4. The van der Waals surface area contributed by atoms with Crippen molar-refractivity contribution in [2.75, 3.05) is 32.1 Å². The monoisotopic (exact) mass is 262 g/mol. The van der Waals surface area contributed by atoms with Gasteiger partial charge < -0.3 is 15.3 Å². The fraction of sp³-hybridized carbons (Fsp3) is 0.533. The predicted octanol–water partition coefficient (Wildman–Crippen LogP) is 1.88. The van der Waals surface area contributed by atoms with Gasteiger partial charge in [-0.05, 0) is 49.4 Å². The first-order chi connectivity index (χ1) is 9.15. The fourth-order valence-corrected chi connectivity index (χ4v) is 2.66. The molecule has 1 aliphatic heterocycles. The molecule has 1 aromatic carbocycles. The Morgan fingerprint density at radius 1 is 1.53 bits per heavy atom. The Balaban J connectivity index is 2.12. The van der Waals surface area contributed by atoms with E-state index in [9.17, 15) is 9.90 Å². The summed E-state index contributed by atoms with van der Waals surface area (Å²) < 4.78 is 0. The highest BCUT2D eigenvalue weighted by molar-refractivity contribution is 5.95. The molecule has 1 aliphatic rings. The molecule has 4 heteroatoms. The van der Waals surface area contributed by atoms with E-state index in [1.165, 1.54) is 0 Å². The summed E-state index contributed by atoms with van der Waals surface area (Å²) >= 11 is 0. The lowest BCUT2D eigenvalue weighted by atomic mass is 9.98. The SMILES string of the molecule is CNc1ccc(C(=O)N2CCCC(CO)C2)cc1C. The molecule has 1 saturated heterocycles. The molecule has 0 aromatic heterocycles. The molecule has 0 spiro atoms. The molecule has 4 nitrogen and oxygen atoms in total. The lowest BCUT2D eigenvalue weighted by molar-refractivity contribution is 0.0620. The Morgan fingerprint density at radius 2 is 2.32 bits per heavy atom. The van der Waals surface area contributed by atoms with Crippen molar-refractivity contribution in [3.8, 4) is 0 Å². The number of carbonyl (C=O) groups is 1. The highest BCUT2D eigenvalue weighted by Crippen LogP contribution is 2.21. The van der Waals surface area contributed by atoms with Crippen LogP contribution in [0.2, 0.25) is 0 Å². The van der Waals surface area contributed by atoms with Crippen molar-refractivity contribution in [3.05, 3.63) is 29.3 Å². The molecule has 0 radical (unpaired) electrons. The summed E-state index contributed by atoms with van der Waals surface area (Å²) in [5.74, 6) is 0.305. The zero-order valence-corrected chi connectivity index (χ0v) is 11.6. The van der Waals surface area contributed by atoms with Crippen LogP contribution < -0.4 is 5.32 Å². The van der Waals surface area contributed by atoms with Crippen LogP contribution in [0.15, 0.2) is 18.2 Å². The fourth-order valence-electron chi connectivity index (χ4n) is 2.66. The summed E-state index contributed by atoms with van der Waals surface area (Å²) in [6.07, 6.45) is 1.99. The van der Waals surface area contributed by atoms with E-state index in [1.54, 1.807) is 0 Å². The summed E-state index contributed by atoms with van der Waals surface area (Å²) in [6, 6.07) is 5.73. The Labute approximate surface area is 114 Å². The average Bonchev–Trinajstić information content (AvgIpc) is 2.46. The summed E-state index contributed by atoms with van der Waals surface area (Å²) in [7, 11) is 1.88. The molecule has 1 fully saturated rings. The van der Waals surface area contributed by atoms with Crippen molar-refractivity contribution in [1.82, 2.24) is 4.90 Å². The van der Waals surface area contributed by atoms with Gasteiger partial charge in [0.2, 0.25) is 0 Å². The molecular weight excluding hydrogens is 240 g/mol. The quantitative estimate of drug-likeness (QED) is 0.874. The van der Waals surface area contributed by atoms with Crippen LogP contribution in [0.4, 0.5) is 5.69 Å². The van der Waals surface area contributed by atoms with Crippen molar-refractivity contribution in [2.24, 2.45) is 5.92 Å².